The molecule has 3 rings (SSSR count). The summed E-state index contributed by atoms with van der Waals surface area (Å²) >= 11 is 1.56. The van der Waals surface area contributed by atoms with Crippen molar-refractivity contribution in [3.8, 4) is 11.3 Å². The van der Waals surface area contributed by atoms with Crippen LogP contribution in [0.15, 0.2) is 42.0 Å². The Morgan fingerprint density at radius 1 is 1.40 bits per heavy atom. The highest BCUT2D eigenvalue weighted by Gasteiger charge is 2.09. The minimum absolute atomic E-state index is 0.0530. The molecule has 0 amide bonds. The molecule has 0 aliphatic rings. The third-order valence-corrected chi connectivity index (χ3v) is 4.98. The summed E-state index contributed by atoms with van der Waals surface area (Å²) in [6, 6.07) is 7.25. The number of nitrogens with zero attached hydrogens (tertiary/aromatic N) is 2. The maximum Gasteiger partial charge on any atom is 0.232 e. The van der Waals surface area contributed by atoms with Crippen molar-refractivity contribution >= 4 is 32.0 Å². The molecule has 104 valence electrons. The SMILES string of the molecule is CCS(=O)(=O)Nc1cccc(-c2cn3ccsc3n2)c1. The normalized spacial score (nSPS) is 11.8. The highest BCUT2D eigenvalue weighted by molar-refractivity contribution is 7.92. The Morgan fingerprint density at radius 2 is 2.25 bits per heavy atom. The minimum atomic E-state index is -3.26. The monoisotopic (exact) mass is 307 g/mol. The van der Waals surface area contributed by atoms with Gasteiger partial charge in [0.1, 0.15) is 0 Å². The predicted molar refractivity (Wildman–Crippen MR) is 81.6 cm³/mol. The van der Waals surface area contributed by atoms with Gasteiger partial charge in [-0.15, -0.1) is 11.3 Å². The largest absolute Gasteiger partial charge is 0.297 e. The van der Waals surface area contributed by atoms with E-state index in [2.05, 4.69) is 9.71 Å². The molecule has 7 heteroatoms. The number of imidazole rings is 1. The molecular formula is C13H13N3O2S2. The first-order chi connectivity index (χ1) is 9.57. The van der Waals surface area contributed by atoms with Crippen LogP contribution in [0.2, 0.25) is 0 Å². The molecule has 5 nitrogen and oxygen atoms in total. The van der Waals surface area contributed by atoms with Crippen LogP contribution >= 0.6 is 11.3 Å². The second kappa shape index (κ2) is 4.92. The summed E-state index contributed by atoms with van der Waals surface area (Å²) < 4.78 is 27.7. The molecule has 0 aliphatic carbocycles. The van der Waals surface area contributed by atoms with Gasteiger partial charge in [-0.1, -0.05) is 12.1 Å². The predicted octanol–water partition coefficient (Wildman–Crippen LogP) is 2.82. The summed E-state index contributed by atoms with van der Waals surface area (Å²) in [7, 11) is -3.26. The molecule has 2 heterocycles. The highest BCUT2D eigenvalue weighted by atomic mass is 32.2. The number of rotatable bonds is 4. The van der Waals surface area contributed by atoms with E-state index in [9.17, 15) is 8.42 Å². The third kappa shape index (κ3) is 2.54. The second-order valence-corrected chi connectivity index (χ2v) is 7.19. The number of fused-ring (bicyclic) bond motifs is 1. The first-order valence-corrected chi connectivity index (χ1v) is 8.64. The zero-order valence-corrected chi connectivity index (χ0v) is 12.4. The molecule has 0 bridgehead atoms. The summed E-state index contributed by atoms with van der Waals surface area (Å²) in [5.41, 5.74) is 2.27. The molecule has 0 spiro atoms. The molecule has 0 saturated carbocycles. The van der Waals surface area contributed by atoms with Gasteiger partial charge in [-0.25, -0.2) is 13.4 Å². The van der Waals surface area contributed by atoms with Crippen molar-refractivity contribution in [2.75, 3.05) is 10.5 Å². The Balaban J connectivity index is 1.97. The first-order valence-electron chi connectivity index (χ1n) is 6.10. The Labute approximate surface area is 121 Å². The quantitative estimate of drug-likeness (QED) is 0.806. The van der Waals surface area contributed by atoms with Crippen LogP contribution in [0.25, 0.3) is 16.2 Å². The standard InChI is InChI=1S/C13H13N3O2S2/c1-2-20(17,18)15-11-5-3-4-10(8-11)12-9-16-6-7-19-13(16)14-12/h3-9,15H,2H2,1H3. The topological polar surface area (TPSA) is 63.5 Å². The zero-order valence-electron chi connectivity index (χ0n) is 10.8. The van der Waals surface area contributed by atoms with Gasteiger partial charge in [0.15, 0.2) is 4.96 Å². The lowest BCUT2D eigenvalue weighted by atomic mass is 10.1. The lowest BCUT2D eigenvalue weighted by molar-refractivity contribution is 0.602. The van der Waals surface area contributed by atoms with Crippen LogP contribution in [0.4, 0.5) is 5.69 Å². The molecule has 0 fully saturated rings. The second-order valence-electron chi connectivity index (χ2n) is 4.31. The van der Waals surface area contributed by atoms with Crippen LogP contribution < -0.4 is 4.72 Å². The minimum Gasteiger partial charge on any atom is -0.297 e. The Bertz CT molecular complexity index is 821. The molecule has 0 radical (unpaired) electrons. The van der Waals surface area contributed by atoms with Gasteiger partial charge in [0, 0.05) is 29.0 Å². The fraction of sp³-hybridized carbons (Fsp3) is 0.154. The number of thiazole rings is 1. The van der Waals surface area contributed by atoms with Gasteiger partial charge >= 0.3 is 0 Å². The van der Waals surface area contributed by atoms with Gasteiger partial charge < -0.3 is 0 Å². The lowest BCUT2D eigenvalue weighted by Crippen LogP contribution is -2.14. The molecular weight excluding hydrogens is 294 g/mol. The lowest BCUT2D eigenvalue weighted by Gasteiger charge is -2.06. The van der Waals surface area contributed by atoms with Crippen molar-refractivity contribution in [3.05, 3.63) is 42.0 Å². The molecule has 0 atom stereocenters. The van der Waals surface area contributed by atoms with E-state index in [-0.39, 0.29) is 5.75 Å². The van der Waals surface area contributed by atoms with Crippen molar-refractivity contribution in [1.82, 2.24) is 9.38 Å². The number of benzene rings is 1. The first kappa shape index (κ1) is 13.1. The van der Waals surface area contributed by atoms with Crippen LogP contribution in [0.1, 0.15) is 6.92 Å². The van der Waals surface area contributed by atoms with E-state index in [4.69, 9.17) is 0 Å². The van der Waals surface area contributed by atoms with Gasteiger partial charge in [-0.3, -0.25) is 9.12 Å². The summed E-state index contributed by atoms with van der Waals surface area (Å²) in [5, 5.41) is 1.97. The molecule has 3 aromatic rings. The van der Waals surface area contributed by atoms with Crippen LogP contribution in [0.3, 0.4) is 0 Å². The molecule has 1 N–H and O–H groups in total. The van der Waals surface area contributed by atoms with Crippen LogP contribution in [-0.2, 0) is 10.0 Å². The number of sulfonamides is 1. The van der Waals surface area contributed by atoms with E-state index >= 15 is 0 Å². The van der Waals surface area contributed by atoms with Crippen LogP contribution in [0, 0.1) is 0 Å². The van der Waals surface area contributed by atoms with E-state index in [1.165, 1.54) is 0 Å². The van der Waals surface area contributed by atoms with Gasteiger partial charge in [-0.2, -0.15) is 0 Å². The summed E-state index contributed by atoms with van der Waals surface area (Å²) in [6.45, 7) is 1.61. The fourth-order valence-corrected chi connectivity index (χ4v) is 3.19. The van der Waals surface area contributed by atoms with Crippen molar-refractivity contribution < 1.29 is 8.42 Å². The van der Waals surface area contributed by atoms with E-state index in [0.29, 0.717) is 5.69 Å². The van der Waals surface area contributed by atoms with Crippen molar-refractivity contribution in [2.45, 2.75) is 6.92 Å². The smallest absolute Gasteiger partial charge is 0.232 e. The number of hydrogen-bond donors (Lipinski definition) is 1. The van der Waals surface area contributed by atoms with Crippen molar-refractivity contribution in [3.63, 3.8) is 0 Å². The van der Waals surface area contributed by atoms with E-state index in [1.807, 2.05) is 34.3 Å². The van der Waals surface area contributed by atoms with Crippen LogP contribution in [-0.4, -0.2) is 23.6 Å². The van der Waals surface area contributed by atoms with Crippen LogP contribution in [0.5, 0.6) is 0 Å². The Morgan fingerprint density at radius 3 is 3.00 bits per heavy atom. The molecule has 2 aromatic heterocycles. The van der Waals surface area contributed by atoms with Crippen molar-refractivity contribution in [2.24, 2.45) is 0 Å². The number of aromatic nitrogens is 2. The molecule has 0 saturated heterocycles. The maximum atomic E-state index is 11.6. The molecule has 0 aliphatic heterocycles. The molecule has 20 heavy (non-hydrogen) atoms. The summed E-state index contributed by atoms with van der Waals surface area (Å²) in [6.07, 6.45) is 3.87. The van der Waals surface area contributed by atoms with Crippen molar-refractivity contribution in [1.29, 1.82) is 0 Å². The number of anilines is 1. The average Bonchev–Trinajstić information content (AvgIpc) is 2.99. The van der Waals surface area contributed by atoms with Gasteiger partial charge in [0.25, 0.3) is 0 Å². The average molecular weight is 307 g/mol. The van der Waals surface area contributed by atoms with Gasteiger partial charge in [-0.05, 0) is 19.1 Å². The van der Waals surface area contributed by atoms with E-state index in [1.54, 1.807) is 30.4 Å². The fourth-order valence-electron chi connectivity index (χ4n) is 1.86. The van der Waals surface area contributed by atoms with Gasteiger partial charge in [0.05, 0.1) is 11.4 Å². The van der Waals surface area contributed by atoms with E-state index in [0.717, 1.165) is 16.2 Å². The summed E-state index contributed by atoms with van der Waals surface area (Å²) in [4.78, 5) is 5.42. The summed E-state index contributed by atoms with van der Waals surface area (Å²) in [5.74, 6) is 0.0530. The number of nitrogens with one attached hydrogen (secondary N) is 1. The molecule has 0 unspecified atom stereocenters. The molecule has 1 aromatic carbocycles. The third-order valence-electron chi connectivity index (χ3n) is 2.90. The highest BCUT2D eigenvalue weighted by Crippen LogP contribution is 2.24. The Kier molecular flexibility index (Phi) is 3.23. The maximum absolute atomic E-state index is 11.6. The number of hydrogen-bond acceptors (Lipinski definition) is 4. The van der Waals surface area contributed by atoms with Gasteiger partial charge in [0.2, 0.25) is 10.0 Å². The van der Waals surface area contributed by atoms with E-state index < -0.39 is 10.0 Å². The Hall–Kier alpha value is -1.86. The zero-order chi connectivity index (χ0) is 14.2.